The lowest BCUT2D eigenvalue weighted by atomic mass is 10.1. The van der Waals surface area contributed by atoms with E-state index in [4.69, 9.17) is 14.2 Å². The lowest BCUT2D eigenvalue weighted by Crippen LogP contribution is -2.53. The van der Waals surface area contributed by atoms with Gasteiger partial charge in [0.25, 0.3) is 11.7 Å². The average molecular weight is 295 g/mol. The van der Waals surface area contributed by atoms with E-state index in [9.17, 15) is 9.59 Å². The molecule has 1 heterocycles. The molecule has 0 saturated carbocycles. The highest BCUT2D eigenvalue weighted by molar-refractivity contribution is 5.87. The lowest BCUT2D eigenvalue weighted by Gasteiger charge is -2.34. The molecule has 6 nitrogen and oxygen atoms in total. The van der Waals surface area contributed by atoms with Crippen molar-refractivity contribution >= 4 is 11.9 Å². The molecule has 0 atom stereocenters. The molecule has 6 heteroatoms. The molecule has 0 aromatic rings. The van der Waals surface area contributed by atoms with Crippen molar-refractivity contribution in [2.45, 2.75) is 25.6 Å². The van der Waals surface area contributed by atoms with Gasteiger partial charge in [0, 0.05) is 18.5 Å². The van der Waals surface area contributed by atoms with Gasteiger partial charge in [0.15, 0.2) is 0 Å². The maximum absolute atomic E-state index is 12.2. The minimum Gasteiger partial charge on any atom is -0.431 e. The maximum Gasteiger partial charge on any atom is 0.337 e. The Morgan fingerprint density at radius 1 is 1.38 bits per heavy atom. The molecule has 1 aliphatic heterocycles. The number of esters is 1. The number of hydrogen-bond acceptors (Lipinski definition) is 5. The second kappa shape index (κ2) is 8.39. The highest BCUT2D eigenvalue weighted by atomic mass is 16.7. The molecule has 1 aliphatic rings. The van der Waals surface area contributed by atoms with Gasteiger partial charge in [-0.25, -0.2) is 4.79 Å². The summed E-state index contributed by atoms with van der Waals surface area (Å²) in [5.74, 6) is -2.19. The molecule has 0 aromatic heterocycles. The standard InChI is InChI=1S/C15H21NO5/c1-4-7-15(20-10-6-11-21-15)14(18)16-8-5-9-19-13(17)12(2)3/h4-5,9H,1-2,6-8,10-11H2,3H3,(H,16,18). The summed E-state index contributed by atoms with van der Waals surface area (Å²) in [4.78, 5) is 23.3. The topological polar surface area (TPSA) is 73.9 Å². The van der Waals surface area contributed by atoms with Crippen molar-refractivity contribution in [3.8, 4) is 0 Å². The Kier molecular flexibility index (Phi) is 6.84. The van der Waals surface area contributed by atoms with Gasteiger partial charge in [-0.1, -0.05) is 12.7 Å². The fourth-order valence-electron chi connectivity index (χ4n) is 1.65. The summed E-state index contributed by atoms with van der Waals surface area (Å²) in [5.41, 5.74) is 0.303. The van der Waals surface area contributed by atoms with Gasteiger partial charge >= 0.3 is 5.97 Å². The molecule has 1 saturated heterocycles. The molecule has 0 radical (unpaired) electrons. The molecule has 0 bridgehead atoms. The Balaban J connectivity index is 2.44. The Morgan fingerprint density at radius 3 is 2.62 bits per heavy atom. The van der Waals surface area contributed by atoms with Crippen molar-refractivity contribution in [3.63, 3.8) is 0 Å². The highest BCUT2D eigenvalue weighted by Crippen LogP contribution is 2.23. The summed E-state index contributed by atoms with van der Waals surface area (Å²) < 4.78 is 15.7. The maximum atomic E-state index is 12.2. The second-order valence-corrected chi connectivity index (χ2v) is 4.56. The fourth-order valence-corrected chi connectivity index (χ4v) is 1.65. The molecule has 1 rings (SSSR count). The van der Waals surface area contributed by atoms with Crippen LogP contribution in [0.1, 0.15) is 19.8 Å². The van der Waals surface area contributed by atoms with E-state index in [0.29, 0.717) is 18.8 Å². The third kappa shape index (κ3) is 5.17. The van der Waals surface area contributed by atoms with Crippen LogP contribution in [0, 0.1) is 0 Å². The van der Waals surface area contributed by atoms with Crippen LogP contribution in [-0.4, -0.2) is 37.4 Å². The molecule has 1 N–H and O–H groups in total. The largest absolute Gasteiger partial charge is 0.431 e. The van der Waals surface area contributed by atoms with Crippen LogP contribution in [0.25, 0.3) is 0 Å². The first-order chi connectivity index (χ1) is 10.0. The van der Waals surface area contributed by atoms with Crippen LogP contribution in [0.2, 0.25) is 0 Å². The summed E-state index contributed by atoms with van der Waals surface area (Å²) in [6, 6.07) is 0. The summed E-state index contributed by atoms with van der Waals surface area (Å²) in [7, 11) is 0. The van der Waals surface area contributed by atoms with Crippen LogP contribution >= 0.6 is 0 Å². The normalized spacial score (nSPS) is 17.2. The monoisotopic (exact) mass is 295 g/mol. The van der Waals surface area contributed by atoms with Gasteiger partial charge in [-0.05, 0) is 19.4 Å². The number of carbonyl (C=O) groups is 2. The Hall–Kier alpha value is -1.92. The number of carbonyl (C=O) groups excluding carboxylic acids is 2. The summed E-state index contributed by atoms with van der Waals surface area (Å²) in [5, 5.41) is 2.64. The van der Waals surface area contributed by atoms with Gasteiger partial charge in [-0.15, -0.1) is 6.58 Å². The van der Waals surface area contributed by atoms with Gasteiger partial charge in [0.1, 0.15) is 0 Å². The van der Waals surface area contributed by atoms with Crippen molar-refractivity contribution in [2.24, 2.45) is 0 Å². The third-order valence-electron chi connectivity index (χ3n) is 2.72. The van der Waals surface area contributed by atoms with Gasteiger partial charge < -0.3 is 19.5 Å². The molecule has 0 aromatic carbocycles. The first kappa shape index (κ1) is 17.1. The minimum absolute atomic E-state index is 0.188. The SMILES string of the molecule is C=CCC1(C(=O)NCC=COC(=O)C(=C)C)OCCCO1. The molecular formula is C15H21NO5. The van der Waals surface area contributed by atoms with Crippen LogP contribution in [0.4, 0.5) is 0 Å². The van der Waals surface area contributed by atoms with Crippen LogP contribution in [0.5, 0.6) is 0 Å². The zero-order valence-corrected chi connectivity index (χ0v) is 12.2. The number of rotatable bonds is 7. The quantitative estimate of drug-likeness (QED) is 0.333. The van der Waals surface area contributed by atoms with Crippen LogP contribution in [-0.2, 0) is 23.8 Å². The molecular weight excluding hydrogens is 274 g/mol. The Labute approximate surface area is 124 Å². The number of hydrogen-bond donors (Lipinski definition) is 1. The van der Waals surface area contributed by atoms with Gasteiger partial charge in [0.05, 0.1) is 19.5 Å². The van der Waals surface area contributed by atoms with Crippen molar-refractivity contribution in [1.82, 2.24) is 5.32 Å². The minimum atomic E-state index is -1.30. The van der Waals surface area contributed by atoms with Crippen molar-refractivity contribution < 1.29 is 23.8 Å². The summed E-state index contributed by atoms with van der Waals surface area (Å²) in [6.45, 7) is 9.73. The molecule has 0 aliphatic carbocycles. The van der Waals surface area contributed by atoms with E-state index in [2.05, 4.69) is 18.5 Å². The first-order valence-corrected chi connectivity index (χ1v) is 6.70. The van der Waals surface area contributed by atoms with E-state index in [-0.39, 0.29) is 18.9 Å². The van der Waals surface area contributed by atoms with E-state index in [1.54, 1.807) is 13.0 Å². The molecule has 0 unspecified atom stereocenters. The van der Waals surface area contributed by atoms with Crippen molar-refractivity contribution in [1.29, 1.82) is 0 Å². The predicted molar refractivity (Wildman–Crippen MR) is 77.1 cm³/mol. The van der Waals surface area contributed by atoms with Gasteiger partial charge in [0.2, 0.25) is 0 Å². The predicted octanol–water partition coefficient (Wildman–Crippen LogP) is 1.44. The molecule has 1 fully saturated rings. The summed E-state index contributed by atoms with van der Waals surface area (Å²) >= 11 is 0. The van der Waals surface area contributed by atoms with Gasteiger partial charge in [-0.2, -0.15) is 0 Å². The average Bonchev–Trinajstić information content (AvgIpc) is 2.47. The van der Waals surface area contributed by atoms with Gasteiger partial charge in [-0.3, -0.25) is 4.79 Å². The van der Waals surface area contributed by atoms with Crippen molar-refractivity contribution in [3.05, 3.63) is 37.1 Å². The third-order valence-corrected chi connectivity index (χ3v) is 2.72. The Bertz CT molecular complexity index is 435. The van der Waals surface area contributed by atoms with E-state index in [1.807, 2.05) is 0 Å². The van der Waals surface area contributed by atoms with E-state index in [1.165, 1.54) is 12.3 Å². The number of amides is 1. The first-order valence-electron chi connectivity index (χ1n) is 6.70. The zero-order valence-electron chi connectivity index (χ0n) is 12.2. The summed E-state index contributed by atoms with van der Waals surface area (Å²) in [6.07, 6.45) is 5.31. The fraction of sp³-hybridized carbons (Fsp3) is 0.467. The van der Waals surface area contributed by atoms with E-state index >= 15 is 0 Å². The molecule has 0 spiro atoms. The highest BCUT2D eigenvalue weighted by Gasteiger charge is 2.41. The van der Waals surface area contributed by atoms with Crippen LogP contribution < -0.4 is 5.32 Å². The van der Waals surface area contributed by atoms with Crippen molar-refractivity contribution in [2.75, 3.05) is 19.8 Å². The second-order valence-electron chi connectivity index (χ2n) is 4.56. The van der Waals surface area contributed by atoms with Crippen LogP contribution in [0.3, 0.4) is 0 Å². The molecule has 21 heavy (non-hydrogen) atoms. The Morgan fingerprint density at radius 2 is 2.05 bits per heavy atom. The smallest absolute Gasteiger partial charge is 0.337 e. The number of nitrogens with one attached hydrogen (secondary N) is 1. The number of ether oxygens (including phenoxy) is 3. The van der Waals surface area contributed by atoms with E-state index < -0.39 is 11.8 Å². The van der Waals surface area contributed by atoms with E-state index in [0.717, 1.165) is 6.42 Å². The lowest BCUT2D eigenvalue weighted by molar-refractivity contribution is -0.252. The van der Waals surface area contributed by atoms with Crippen LogP contribution in [0.15, 0.2) is 37.1 Å². The molecule has 116 valence electrons. The molecule has 1 amide bonds. The zero-order chi connectivity index (χ0) is 15.7.